The molecule has 0 bridgehead atoms. The SMILES string of the molecule is CCC1=N[C@@]2(CC[C@@H]3CN(C(=O)NCc4ccccc4)C[C@@H]32)C(=O)N1CC. The van der Waals surface area contributed by atoms with E-state index < -0.39 is 5.54 Å². The summed E-state index contributed by atoms with van der Waals surface area (Å²) in [6.45, 7) is 6.60. The number of likely N-dealkylation sites (N-methyl/N-ethyl adjacent to an activating group) is 1. The number of likely N-dealkylation sites (tertiary alicyclic amines) is 1. The molecular formula is C21H28N4O2. The lowest BCUT2D eigenvalue weighted by atomic mass is 9.85. The van der Waals surface area contributed by atoms with Crippen LogP contribution in [0.25, 0.3) is 0 Å². The van der Waals surface area contributed by atoms with Crippen molar-refractivity contribution < 1.29 is 9.59 Å². The second kappa shape index (κ2) is 6.98. The maximum atomic E-state index is 13.2. The number of aliphatic imine (C=N–C) groups is 1. The Morgan fingerprint density at radius 1 is 1.26 bits per heavy atom. The van der Waals surface area contributed by atoms with Crippen LogP contribution in [-0.2, 0) is 11.3 Å². The highest BCUT2D eigenvalue weighted by Gasteiger charge is 2.61. The third-order valence-electron chi connectivity index (χ3n) is 6.41. The van der Waals surface area contributed by atoms with E-state index in [2.05, 4.69) is 12.2 Å². The number of carbonyl (C=O) groups excluding carboxylic acids is 2. The van der Waals surface area contributed by atoms with Gasteiger partial charge in [0.15, 0.2) is 0 Å². The highest BCUT2D eigenvalue weighted by Crippen LogP contribution is 2.50. The van der Waals surface area contributed by atoms with Gasteiger partial charge in [0.05, 0.1) is 0 Å². The summed E-state index contributed by atoms with van der Waals surface area (Å²) >= 11 is 0. The van der Waals surface area contributed by atoms with Gasteiger partial charge in [-0.25, -0.2) is 4.79 Å². The van der Waals surface area contributed by atoms with E-state index in [0.717, 1.165) is 37.2 Å². The summed E-state index contributed by atoms with van der Waals surface area (Å²) in [5, 5.41) is 3.02. The first kappa shape index (κ1) is 18.0. The second-order valence-corrected chi connectivity index (χ2v) is 7.81. The maximum absolute atomic E-state index is 13.2. The van der Waals surface area contributed by atoms with Crippen molar-refractivity contribution in [1.82, 2.24) is 15.1 Å². The van der Waals surface area contributed by atoms with Crippen molar-refractivity contribution >= 4 is 17.8 Å². The van der Waals surface area contributed by atoms with Gasteiger partial charge in [-0.2, -0.15) is 0 Å². The quantitative estimate of drug-likeness (QED) is 0.888. The number of nitrogens with zero attached hydrogens (tertiary/aromatic N) is 3. The standard InChI is InChI=1S/C21H28N4O2/c1-3-18-23-21(19(26)25(18)4-2)11-10-16-13-24(14-17(16)21)20(27)22-12-15-8-6-5-7-9-15/h5-9,16-17H,3-4,10-14H2,1-2H3,(H,22,27)/t16-,17+,21-/m1/s1. The number of urea groups is 1. The number of amidine groups is 1. The largest absolute Gasteiger partial charge is 0.334 e. The number of hydrogen-bond acceptors (Lipinski definition) is 3. The van der Waals surface area contributed by atoms with Crippen LogP contribution < -0.4 is 5.32 Å². The average molecular weight is 368 g/mol. The zero-order valence-corrected chi connectivity index (χ0v) is 16.1. The van der Waals surface area contributed by atoms with Crippen molar-refractivity contribution in [3.05, 3.63) is 35.9 Å². The topological polar surface area (TPSA) is 65.0 Å². The molecule has 1 N–H and O–H groups in total. The Hall–Kier alpha value is -2.37. The lowest BCUT2D eigenvalue weighted by molar-refractivity contribution is -0.132. The number of benzene rings is 1. The number of hydrogen-bond donors (Lipinski definition) is 1. The van der Waals surface area contributed by atoms with Crippen LogP contribution in [-0.4, -0.2) is 52.7 Å². The van der Waals surface area contributed by atoms with Crippen LogP contribution in [0.4, 0.5) is 4.79 Å². The Bertz CT molecular complexity index is 763. The molecule has 1 spiro atoms. The van der Waals surface area contributed by atoms with Gasteiger partial charge < -0.3 is 10.2 Å². The van der Waals surface area contributed by atoms with Gasteiger partial charge in [-0.3, -0.25) is 14.7 Å². The van der Waals surface area contributed by atoms with Crippen LogP contribution in [0.5, 0.6) is 0 Å². The van der Waals surface area contributed by atoms with Crippen LogP contribution in [0.1, 0.15) is 38.7 Å². The molecule has 2 fully saturated rings. The summed E-state index contributed by atoms with van der Waals surface area (Å²) in [6.07, 6.45) is 2.57. The minimum atomic E-state index is -0.625. The van der Waals surface area contributed by atoms with Crippen molar-refractivity contribution in [2.45, 2.75) is 45.2 Å². The van der Waals surface area contributed by atoms with Crippen LogP contribution >= 0.6 is 0 Å². The third-order valence-corrected chi connectivity index (χ3v) is 6.41. The molecule has 1 saturated heterocycles. The van der Waals surface area contributed by atoms with Crippen molar-refractivity contribution in [2.24, 2.45) is 16.8 Å². The summed E-state index contributed by atoms with van der Waals surface area (Å²) in [7, 11) is 0. The molecule has 3 aliphatic rings. The monoisotopic (exact) mass is 368 g/mol. The second-order valence-electron chi connectivity index (χ2n) is 7.81. The molecule has 0 aromatic heterocycles. The van der Waals surface area contributed by atoms with Crippen LogP contribution in [0.15, 0.2) is 35.3 Å². The summed E-state index contributed by atoms with van der Waals surface area (Å²) < 4.78 is 0. The van der Waals surface area contributed by atoms with Crippen LogP contribution in [0, 0.1) is 11.8 Å². The normalized spacial score (nSPS) is 29.4. The Kier molecular flexibility index (Phi) is 4.66. The van der Waals surface area contributed by atoms with E-state index in [1.807, 2.05) is 47.1 Å². The fourth-order valence-corrected chi connectivity index (χ4v) is 5.04. The fraction of sp³-hybridized carbons (Fsp3) is 0.571. The molecule has 144 valence electrons. The highest BCUT2D eigenvalue weighted by atomic mass is 16.2. The van der Waals surface area contributed by atoms with E-state index in [0.29, 0.717) is 25.6 Å². The van der Waals surface area contributed by atoms with Gasteiger partial charge in [0.1, 0.15) is 11.4 Å². The molecule has 2 aliphatic heterocycles. The first-order valence-corrected chi connectivity index (χ1v) is 10.1. The smallest absolute Gasteiger partial charge is 0.317 e. The Balaban J connectivity index is 1.45. The average Bonchev–Trinajstić information content (AvgIpc) is 3.34. The van der Waals surface area contributed by atoms with Crippen LogP contribution in [0.3, 0.4) is 0 Å². The van der Waals surface area contributed by atoms with Crippen molar-refractivity contribution in [3.63, 3.8) is 0 Å². The van der Waals surface area contributed by atoms with E-state index in [9.17, 15) is 9.59 Å². The fourth-order valence-electron chi connectivity index (χ4n) is 5.04. The Morgan fingerprint density at radius 3 is 2.70 bits per heavy atom. The lowest BCUT2D eigenvalue weighted by Crippen LogP contribution is -2.47. The molecule has 3 amide bonds. The number of fused-ring (bicyclic) bond motifs is 2. The van der Waals surface area contributed by atoms with E-state index in [1.165, 1.54) is 0 Å². The molecule has 1 aliphatic carbocycles. The van der Waals surface area contributed by atoms with Gasteiger partial charge in [0.25, 0.3) is 5.91 Å². The molecule has 6 nitrogen and oxygen atoms in total. The Morgan fingerprint density at radius 2 is 2.04 bits per heavy atom. The third kappa shape index (κ3) is 2.91. The van der Waals surface area contributed by atoms with Gasteiger partial charge in [-0.15, -0.1) is 0 Å². The molecule has 1 aromatic carbocycles. The zero-order valence-electron chi connectivity index (χ0n) is 16.1. The highest BCUT2D eigenvalue weighted by molar-refractivity contribution is 6.08. The number of nitrogens with one attached hydrogen (secondary N) is 1. The predicted molar refractivity (Wildman–Crippen MR) is 104 cm³/mol. The minimum Gasteiger partial charge on any atom is -0.334 e. The number of rotatable bonds is 4. The van der Waals surface area contributed by atoms with Gasteiger partial charge in [-0.1, -0.05) is 37.3 Å². The molecule has 0 unspecified atom stereocenters. The van der Waals surface area contributed by atoms with Gasteiger partial charge in [0, 0.05) is 38.5 Å². The van der Waals surface area contributed by atoms with E-state index in [1.54, 1.807) is 0 Å². The lowest BCUT2D eigenvalue weighted by Gasteiger charge is -2.28. The molecule has 6 heteroatoms. The van der Waals surface area contributed by atoms with E-state index in [4.69, 9.17) is 4.99 Å². The summed E-state index contributed by atoms with van der Waals surface area (Å²) in [5.74, 6) is 1.58. The summed E-state index contributed by atoms with van der Waals surface area (Å²) in [5.41, 5.74) is 0.462. The maximum Gasteiger partial charge on any atom is 0.317 e. The summed E-state index contributed by atoms with van der Waals surface area (Å²) in [4.78, 5) is 34.5. The summed E-state index contributed by atoms with van der Waals surface area (Å²) in [6, 6.07) is 9.88. The zero-order chi connectivity index (χ0) is 19.0. The van der Waals surface area contributed by atoms with Crippen molar-refractivity contribution in [3.8, 4) is 0 Å². The molecule has 27 heavy (non-hydrogen) atoms. The van der Waals surface area contributed by atoms with E-state index in [-0.39, 0.29) is 17.9 Å². The molecule has 2 heterocycles. The molecule has 4 rings (SSSR count). The number of amides is 3. The minimum absolute atomic E-state index is 0.0408. The Labute approximate surface area is 160 Å². The molecule has 1 aromatic rings. The molecular weight excluding hydrogens is 340 g/mol. The molecule has 1 saturated carbocycles. The van der Waals surface area contributed by atoms with Crippen molar-refractivity contribution in [2.75, 3.05) is 19.6 Å². The first-order chi connectivity index (χ1) is 13.1. The van der Waals surface area contributed by atoms with Gasteiger partial charge >= 0.3 is 6.03 Å². The molecule has 0 radical (unpaired) electrons. The van der Waals surface area contributed by atoms with E-state index >= 15 is 0 Å². The van der Waals surface area contributed by atoms with Gasteiger partial charge in [-0.05, 0) is 31.2 Å². The van der Waals surface area contributed by atoms with Gasteiger partial charge in [0.2, 0.25) is 0 Å². The molecule has 3 atom stereocenters. The van der Waals surface area contributed by atoms with Crippen molar-refractivity contribution in [1.29, 1.82) is 0 Å². The predicted octanol–water partition coefficient (Wildman–Crippen LogP) is 2.65. The first-order valence-electron chi connectivity index (χ1n) is 10.1. The number of carbonyl (C=O) groups is 2. The van der Waals surface area contributed by atoms with Crippen LogP contribution in [0.2, 0.25) is 0 Å².